The number of hydrogen-bond acceptors (Lipinski definition) is 6. The Morgan fingerprint density at radius 3 is 2.61 bits per heavy atom. The lowest BCUT2D eigenvalue weighted by Crippen LogP contribution is -2.35. The van der Waals surface area contributed by atoms with Crippen molar-refractivity contribution in [3.8, 4) is 0 Å². The number of hydrogen-bond donors (Lipinski definition) is 1. The second-order valence-electron chi connectivity index (χ2n) is 6.32. The maximum atomic E-state index is 11.2. The fraction of sp³-hybridized carbons (Fsp3) is 0.938. The molecule has 2 aliphatic rings. The Balaban J connectivity index is 1.86. The van der Waals surface area contributed by atoms with Gasteiger partial charge in [0.25, 0.3) is 0 Å². The molecule has 6 unspecified atom stereocenters. The lowest BCUT2D eigenvalue weighted by atomic mass is 9.89. The van der Waals surface area contributed by atoms with Crippen LogP contribution in [0.4, 0.5) is 0 Å². The Kier molecular flexibility index (Phi) is 7.28. The third-order valence-corrected chi connectivity index (χ3v) is 6.06. The Hall–Kier alpha value is -0.210. The van der Waals surface area contributed by atoms with Crippen LogP contribution in [0, 0.1) is 11.8 Å². The minimum atomic E-state index is -0.455. The first-order valence-corrected chi connectivity index (χ1v) is 9.03. The maximum Gasteiger partial charge on any atom is 0.305 e. The third kappa shape index (κ3) is 4.45. The first-order chi connectivity index (χ1) is 11.0. The van der Waals surface area contributed by atoms with Gasteiger partial charge in [0.15, 0.2) is 6.29 Å². The molecule has 1 aliphatic heterocycles. The van der Waals surface area contributed by atoms with Crippen molar-refractivity contribution in [2.75, 3.05) is 21.3 Å². The van der Waals surface area contributed by atoms with Gasteiger partial charge >= 0.3 is 5.97 Å². The molecule has 134 valence electrons. The highest BCUT2D eigenvalue weighted by molar-refractivity contribution is 9.09. The van der Waals surface area contributed by atoms with Gasteiger partial charge < -0.3 is 24.1 Å². The van der Waals surface area contributed by atoms with Crippen LogP contribution in [0.3, 0.4) is 0 Å². The van der Waals surface area contributed by atoms with E-state index in [0.717, 1.165) is 19.3 Å². The van der Waals surface area contributed by atoms with Crippen LogP contribution < -0.4 is 0 Å². The van der Waals surface area contributed by atoms with E-state index >= 15 is 0 Å². The van der Waals surface area contributed by atoms with Crippen molar-refractivity contribution in [3.63, 3.8) is 0 Å². The van der Waals surface area contributed by atoms with Crippen molar-refractivity contribution < 1.29 is 28.8 Å². The molecule has 0 aromatic carbocycles. The number of ether oxygens (including phenoxy) is 4. The Labute approximate surface area is 145 Å². The SMILES string of the molecule is COC(=O)CCCC(Br)C1CC2C(CC(O)C2C(OC)OC)O1. The summed E-state index contributed by atoms with van der Waals surface area (Å²) in [6.45, 7) is 0. The second-order valence-corrected chi connectivity index (χ2v) is 7.49. The molecule has 1 N–H and O–H groups in total. The number of carbonyl (C=O) groups excluding carboxylic acids is 1. The number of carbonyl (C=O) groups is 1. The lowest BCUT2D eigenvalue weighted by Gasteiger charge is -2.28. The van der Waals surface area contributed by atoms with E-state index in [1.54, 1.807) is 14.2 Å². The Morgan fingerprint density at radius 1 is 1.30 bits per heavy atom. The predicted octanol–water partition coefficient (Wildman–Crippen LogP) is 1.87. The molecule has 6 nitrogen and oxygen atoms in total. The van der Waals surface area contributed by atoms with Crippen LogP contribution in [-0.2, 0) is 23.7 Å². The van der Waals surface area contributed by atoms with E-state index in [9.17, 15) is 9.90 Å². The zero-order valence-corrected chi connectivity index (χ0v) is 15.5. The van der Waals surface area contributed by atoms with Gasteiger partial charge in [-0.25, -0.2) is 0 Å². The molecule has 0 amide bonds. The van der Waals surface area contributed by atoms with E-state index in [-0.39, 0.29) is 34.8 Å². The first kappa shape index (κ1) is 19.1. The highest BCUT2D eigenvalue weighted by atomic mass is 79.9. The number of aliphatic hydroxyl groups excluding tert-OH is 1. The Morgan fingerprint density at radius 2 is 2.00 bits per heavy atom. The third-order valence-electron chi connectivity index (χ3n) is 5.01. The molecule has 1 saturated carbocycles. The van der Waals surface area contributed by atoms with E-state index < -0.39 is 12.4 Å². The molecule has 1 heterocycles. The van der Waals surface area contributed by atoms with Crippen molar-refractivity contribution in [1.82, 2.24) is 0 Å². The number of fused-ring (bicyclic) bond motifs is 1. The van der Waals surface area contributed by atoms with Gasteiger partial charge in [0.2, 0.25) is 0 Å². The van der Waals surface area contributed by atoms with Crippen LogP contribution in [0.2, 0.25) is 0 Å². The van der Waals surface area contributed by atoms with Gasteiger partial charge in [0, 0.05) is 37.8 Å². The van der Waals surface area contributed by atoms with Gasteiger partial charge in [0.05, 0.1) is 25.4 Å². The van der Waals surface area contributed by atoms with E-state index in [2.05, 4.69) is 20.7 Å². The largest absolute Gasteiger partial charge is 0.469 e. The van der Waals surface area contributed by atoms with Crippen LogP contribution >= 0.6 is 15.9 Å². The van der Waals surface area contributed by atoms with Gasteiger partial charge in [-0.05, 0) is 25.2 Å². The summed E-state index contributed by atoms with van der Waals surface area (Å²) in [5.41, 5.74) is 0. The molecule has 23 heavy (non-hydrogen) atoms. The average Bonchev–Trinajstić information content (AvgIpc) is 3.06. The second kappa shape index (κ2) is 8.76. The summed E-state index contributed by atoms with van der Waals surface area (Å²) in [6, 6.07) is 0. The number of halogens is 1. The highest BCUT2D eigenvalue weighted by Crippen LogP contribution is 2.47. The Bertz CT molecular complexity index is 389. The molecule has 0 aromatic rings. The van der Waals surface area contributed by atoms with Gasteiger partial charge in [-0.1, -0.05) is 15.9 Å². The lowest BCUT2D eigenvalue weighted by molar-refractivity contribution is -0.164. The molecular weight excluding hydrogens is 368 g/mol. The van der Waals surface area contributed by atoms with Crippen LogP contribution in [0.15, 0.2) is 0 Å². The molecule has 7 heteroatoms. The smallest absolute Gasteiger partial charge is 0.305 e. The van der Waals surface area contributed by atoms with Gasteiger partial charge in [-0.3, -0.25) is 4.79 Å². The summed E-state index contributed by atoms with van der Waals surface area (Å²) in [6.07, 6.45) is 2.81. The first-order valence-electron chi connectivity index (χ1n) is 8.11. The topological polar surface area (TPSA) is 74.2 Å². The molecule has 2 fully saturated rings. The normalized spacial score (nSPS) is 34.6. The summed E-state index contributed by atoms with van der Waals surface area (Å²) < 4.78 is 21.5. The van der Waals surface area contributed by atoms with Crippen molar-refractivity contribution in [3.05, 3.63) is 0 Å². The average molecular weight is 395 g/mol. The molecular formula is C16H27BrO6. The molecule has 0 aromatic heterocycles. The zero-order valence-electron chi connectivity index (χ0n) is 13.9. The van der Waals surface area contributed by atoms with Crippen LogP contribution in [0.1, 0.15) is 32.1 Å². The summed E-state index contributed by atoms with van der Waals surface area (Å²) >= 11 is 3.69. The minimum absolute atomic E-state index is 0.0495. The number of methoxy groups -OCH3 is 3. The molecule has 1 aliphatic carbocycles. The molecule has 2 rings (SSSR count). The van der Waals surface area contributed by atoms with Gasteiger partial charge in [-0.2, -0.15) is 0 Å². The summed E-state index contributed by atoms with van der Waals surface area (Å²) in [7, 11) is 4.60. The monoisotopic (exact) mass is 394 g/mol. The van der Waals surface area contributed by atoms with Crippen LogP contribution in [-0.4, -0.2) is 61.8 Å². The highest BCUT2D eigenvalue weighted by Gasteiger charge is 2.53. The van der Waals surface area contributed by atoms with Crippen molar-refractivity contribution in [2.45, 2.75) is 61.5 Å². The van der Waals surface area contributed by atoms with E-state index in [1.807, 2.05) is 0 Å². The number of esters is 1. The number of rotatable bonds is 8. The fourth-order valence-electron chi connectivity index (χ4n) is 3.87. The van der Waals surface area contributed by atoms with E-state index in [1.165, 1.54) is 7.11 Å². The van der Waals surface area contributed by atoms with E-state index in [4.69, 9.17) is 14.2 Å². The molecule has 0 bridgehead atoms. The predicted molar refractivity (Wildman–Crippen MR) is 87.3 cm³/mol. The molecule has 0 radical (unpaired) electrons. The number of aliphatic hydroxyl groups is 1. The quantitative estimate of drug-likeness (QED) is 0.384. The van der Waals surface area contributed by atoms with Crippen molar-refractivity contribution in [2.24, 2.45) is 11.8 Å². The van der Waals surface area contributed by atoms with Crippen LogP contribution in [0.5, 0.6) is 0 Å². The van der Waals surface area contributed by atoms with Gasteiger partial charge in [-0.15, -0.1) is 0 Å². The molecule has 6 atom stereocenters. The molecule has 1 saturated heterocycles. The zero-order chi connectivity index (χ0) is 17.0. The van der Waals surface area contributed by atoms with Crippen molar-refractivity contribution >= 4 is 21.9 Å². The minimum Gasteiger partial charge on any atom is -0.469 e. The molecule has 0 spiro atoms. The van der Waals surface area contributed by atoms with Crippen molar-refractivity contribution in [1.29, 1.82) is 0 Å². The number of alkyl halides is 1. The van der Waals surface area contributed by atoms with E-state index in [0.29, 0.717) is 12.8 Å². The van der Waals surface area contributed by atoms with Gasteiger partial charge in [0.1, 0.15) is 0 Å². The standard InChI is InChI=1S/C16H27BrO6/c1-20-14(19)6-4-5-10(17)13-7-9-12(23-13)8-11(18)15(9)16(21-2)22-3/h9-13,15-16,18H,4-8H2,1-3H3. The fourth-order valence-corrected chi connectivity index (χ4v) is 4.54. The van der Waals surface area contributed by atoms with Crippen LogP contribution in [0.25, 0.3) is 0 Å². The summed E-state index contributed by atoms with van der Waals surface area (Å²) in [5.74, 6) is -0.00421. The maximum absolute atomic E-state index is 11.2. The summed E-state index contributed by atoms with van der Waals surface area (Å²) in [5, 5.41) is 10.3. The summed E-state index contributed by atoms with van der Waals surface area (Å²) in [4.78, 5) is 11.4.